The second-order valence-corrected chi connectivity index (χ2v) is 8.92. The number of rotatable bonds is 6. The van der Waals surface area contributed by atoms with Gasteiger partial charge in [-0.05, 0) is 29.8 Å². The van der Waals surface area contributed by atoms with E-state index in [4.69, 9.17) is 11.6 Å². The predicted octanol–water partition coefficient (Wildman–Crippen LogP) is 0.546. The Bertz CT molecular complexity index is 865. The molecular weight excluding hydrogens is 386 g/mol. The summed E-state index contributed by atoms with van der Waals surface area (Å²) in [4.78, 5) is 13.6. The van der Waals surface area contributed by atoms with E-state index in [9.17, 15) is 13.2 Å². The minimum atomic E-state index is -3.46. The fourth-order valence-electron chi connectivity index (χ4n) is 3.05. The Morgan fingerprint density at radius 2 is 1.67 bits per heavy atom. The van der Waals surface area contributed by atoms with Gasteiger partial charge in [-0.3, -0.25) is 4.79 Å². The van der Waals surface area contributed by atoms with E-state index in [1.54, 1.807) is 42.5 Å². The van der Waals surface area contributed by atoms with Gasteiger partial charge in [0.1, 0.15) is 0 Å². The summed E-state index contributed by atoms with van der Waals surface area (Å²) in [7, 11) is -3.46. The third-order valence-corrected chi connectivity index (χ3v) is 6.79. The summed E-state index contributed by atoms with van der Waals surface area (Å²) in [6, 6.07) is 15.8. The Hall–Kier alpha value is -1.93. The fraction of sp³-hybridized carbons (Fsp3) is 0.316. The summed E-state index contributed by atoms with van der Waals surface area (Å²) < 4.78 is 26.8. The van der Waals surface area contributed by atoms with Gasteiger partial charge >= 0.3 is 0 Å². The van der Waals surface area contributed by atoms with E-state index in [-0.39, 0.29) is 5.91 Å². The standard InChI is InChI=1S/C19H22ClN3O3S/c20-17-8-6-16(7-9-17)14-21-19(24)15-22-10-12-23(13-11-22)27(25,26)18-4-2-1-3-5-18/h1-9H,10-15H2,(H,21,24)/p+1. The van der Waals surface area contributed by atoms with Crippen molar-refractivity contribution in [1.82, 2.24) is 9.62 Å². The number of halogens is 1. The first-order chi connectivity index (χ1) is 12.9. The average Bonchev–Trinajstić information content (AvgIpc) is 2.69. The number of nitrogens with zero attached hydrogens (tertiary/aromatic N) is 1. The molecule has 1 aliphatic heterocycles. The van der Waals surface area contributed by atoms with Gasteiger partial charge in [0.05, 0.1) is 31.1 Å². The van der Waals surface area contributed by atoms with Gasteiger partial charge in [0, 0.05) is 11.6 Å². The third-order valence-electron chi connectivity index (χ3n) is 4.62. The molecule has 0 unspecified atom stereocenters. The second kappa shape index (κ2) is 8.84. The van der Waals surface area contributed by atoms with Crippen LogP contribution in [0.5, 0.6) is 0 Å². The van der Waals surface area contributed by atoms with Gasteiger partial charge in [0.25, 0.3) is 5.91 Å². The van der Waals surface area contributed by atoms with Crippen LogP contribution in [-0.2, 0) is 21.4 Å². The number of carbonyl (C=O) groups is 1. The number of carbonyl (C=O) groups excluding carboxylic acids is 1. The van der Waals surface area contributed by atoms with Crippen LogP contribution < -0.4 is 10.2 Å². The molecule has 0 aromatic heterocycles. The fourth-order valence-corrected chi connectivity index (χ4v) is 4.64. The van der Waals surface area contributed by atoms with E-state index in [2.05, 4.69) is 5.32 Å². The molecule has 0 saturated carbocycles. The Kier molecular flexibility index (Phi) is 6.49. The second-order valence-electron chi connectivity index (χ2n) is 6.55. The van der Waals surface area contributed by atoms with E-state index in [0.717, 1.165) is 10.5 Å². The summed E-state index contributed by atoms with van der Waals surface area (Å²) in [6.07, 6.45) is 0. The lowest BCUT2D eigenvalue weighted by Gasteiger charge is -2.31. The molecule has 6 nitrogen and oxygen atoms in total. The zero-order valence-corrected chi connectivity index (χ0v) is 16.5. The Morgan fingerprint density at radius 3 is 2.30 bits per heavy atom. The van der Waals surface area contributed by atoms with Crippen molar-refractivity contribution in [1.29, 1.82) is 0 Å². The van der Waals surface area contributed by atoms with E-state index < -0.39 is 10.0 Å². The van der Waals surface area contributed by atoms with Crippen molar-refractivity contribution in [3.05, 3.63) is 65.2 Å². The maximum absolute atomic E-state index is 12.6. The van der Waals surface area contributed by atoms with Crippen LogP contribution >= 0.6 is 11.6 Å². The number of sulfonamides is 1. The van der Waals surface area contributed by atoms with Crippen molar-refractivity contribution in [3.8, 4) is 0 Å². The molecule has 1 amide bonds. The number of quaternary nitrogens is 1. The first-order valence-electron chi connectivity index (χ1n) is 8.85. The third kappa shape index (κ3) is 5.29. The first-order valence-corrected chi connectivity index (χ1v) is 10.7. The number of hydrogen-bond acceptors (Lipinski definition) is 3. The number of piperazine rings is 1. The smallest absolute Gasteiger partial charge is 0.275 e. The van der Waals surface area contributed by atoms with E-state index in [1.165, 1.54) is 4.31 Å². The van der Waals surface area contributed by atoms with Crippen molar-refractivity contribution >= 4 is 27.5 Å². The topological polar surface area (TPSA) is 70.9 Å². The van der Waals surface area contributed by atoms with Crippen LogP contribution in [0.4, 0.5) is 0 Å². The van der Waals surface area contributed by atoms with Gasteiger partial charge < -0.3 is 10.2 Å². The Labute approximate surface area is 164 Å². The molecule has 8 heteroatoms. The van der Waals surface area contributed by atoms with Gasteiger partial charge in [-0.15, -0.1) is 0 Å². The lowest BCUT2D eigenvalue weighted by atomic mass is 10.2. The average molecular weight is 409 g/mol. The molecule has 1 saturated heterocycles. The highest BCUT2D eigenvalue weighted by molar-refractivity contribution is 7.89. The molecule has 3 rings (SSSR count). The molecule has 0 bridgehead atoms. The minimum absolute atomic E-state index is 0.0423. The van der Waals surface area contributed by atoms with E-state index in [0.29, 0.717) is 49.2 Å². The van der Waals surface area contributed by atoms with Crippen LogP contribution in [0.1, 0.15) is 5.56 Å². The van der Waals surface area contributed by atoms with Crippen molar-refractivity contribution in [2.45, 2.75) is 11.4 Å². The summed E-state index contributed by atoms with van der Waals surface area (Å²) in [5.41, 5.74) is 0.988. The molecule has 1 heterocycles. The van der Waals surface area contributed by atoms with Crippen molar-refractivity contribution in [3.63, 3.8) is 0 Å². The van der Waals surface area contributed by atoms with Crippen molar-refractivity contribution in [2.75, 3.05) is 32.7 Å². The van der Waals surface area contributed by atoms with E-state index >= 15 is 0 Å². The molecule has 2 N–H and O–H groups in total. The molecule has 0 radical (unpaired) electrons. The number of benzene rings is 2. The summed E-state index contributed by atoms with van der Waals surface area (Å²) >= 11 is 5.85. The Balaban J connectivity index is 1.46. The molecule has 144 valence electrons. The lowest BCUT2D eigenvalue weighted by Crippen LogP contribution is -3.15. The molecule has 1 aliphatic rings. The first kappa shape index (κ1) is 19.8. The lowest BCUT2D eigenvalue weighted by molar-refractivity contribution is -0.895. The highest BCUT2D eigenvalue weighted by Crippen LogP contribution is 2.14. The monoisotopic (exact) mass is 408 g/mol. The van der Waals surface area contributed by atoms with Crippen LogP contribution in [0, 0.1) is 0 Å². The van der Waals surface area contributed by atoms with Crippen LogP contribution in [0.15, 0.2) is 59.5 Å². The maximum Gasteiger partial charge on any atom is 0.275 e. The molecule has 1 fully saturated rings. The highest BCUT2D eigenvalue weighted by atomic mass is 35.5. The van der Waals surface area contributed by atoms with Gasteiger partial charge in [0.2, 0.25) is 10.0 Å². The molecule has 0 spiro atoms. The van der Waals surface area contributed by atoms with Crippen LogP contribution in [0.25, 0.3) is 0 Å². The zero-order valence-electron chi connectivity index (χ0n) is 14.9. The van der Waals surface area contributed by atoms with Crippen molar-refractivity contribution in [2.24, 2.45) is 0 Å². The highest BCUT2D eigenvalue weighted by Gasteiger charge is 2.30. The number of amides is 1. The largest absolute Gasteiger partial charge is 0.347 e. The SMILES string of the molecule is O=C(C[NH+]1CCN(S(=O)(=O)c2ccccc2)CC1)NCc1ccc(Cl)cc1. The minimum Gasteiger partial charge on any atom is -0.347 e. The molecule has 2 aromatic carbocycles. The van der Waals surface area contributed by atoms with Gasteiger partial charge in [-0.1, -0.05) is 41.9 Å². The molecule has 27 heavy (non-hydrogen) atoms. The maximum atomic E-state index is 12.6. The zero-order chi connectivity index (χ0) is 19.3. The molecule has 2 aromatic rings. The normalized spacial score (nSPS) is 16.2. The van der Waals surface area contributed by atoms with Crippen molar-refractivity contribution < 1.29 is 18.1 Å². The summed E-state index contributed by atoms with van der Waals surface area (Å²) in [5, 5.41) is 3.56. The molecular formula is C19H23ClN3O3S+. The van der Waals surface area contributed by atoms with Gasteiger partial charge in [0.15, 0.2) is 6.54 Å². The molecule has 0 atom stereocenters. The summed E-state index contributed by atoms with van der Waals surface area (Å²) in [6.45, 7) is 2.85. The quantitative estimate of drug-likeness (QED) is 0.733. The molecule has 0 aliphatic carbocycles. The number of nitrogens with one attached hydrogen (secondary N) is 2. The van der Waals surface area contributed by atoms with Crippen LogP contribution in [0.3, 0.4) is 0 Å². The van der Waals surface area contributed by atoms with Crippen LogP contribution in [0.2, 0.25) is 5.02 Å². The van der Waals surface area contributed by atoms with Crippen LogP contribution in [-0.4, -0.2) is 51.4 Å². The summed E-state index contributed by atoms with van der Waals surface area (Å²) in [5.74, 6) is -0.0423. The number of hydrogen-bond donors (Lipinski definition) is 2. The van der Waals surface area contributed by atoms with Gasteiger partial charge in [-0.2, -0.15) is 4.31 Å². The Morgan fingerprint density at radius 1 is 1.04 bits per heavy atom. The predicted molar refractivity (Wildman–Crippen MR) is 104 cm³/mol. The van der Waals surface area contributed by atoms with Gasteiger partial charge in [-0.25, -0.2) is 8.42 Å². The van der Waals surface area contributed by atoms with E-state index in [1.807, 2.05) is 12.1 Å².